The van der Waals surface area contributed by atoms with Crippen molar-refractivity contribution in [3.05, 3.63) is 46.8 Å². The van der Waals surface area contributed by atoms with Gasteiger partial charge >= 0.3 is 0 Å². The van der Waals surface area contributed by atoms with Crippen molar-refractivity contribution in [1.29, 1.82) is 0 Å². The number of anilines is 1. The minimum atomic E-state index is -0.345. The molecule has 1 heterocycles. The summed E-state index contributed by atoms with van der Waals surface area (Å²) in [5, 5.41) is 3.17. The van der Waals surface area contributed by atoms with E-state index in [0.717, 1.165) is 18.8 Å². The average molecular weight is 325 g/mol. The molecule has 0 fully saturated rings. The van der Waals surface area contributed by atoms with Crippen molar-refractivity contribution in [2.24, 2.45) is 0 Å². The molecule has 0 amide bonds. The van der Waals surface area contributed by atoms with E-state index in [9.17, 15) is 4.39 Å². The third-order valence-corrected chi connectivity index (χ3v) is 2.82. The molecule has 0 aliphatic rings. The Labute approximate surface area is 119 Å². The summed E-state index contributed by atoms with van der Waals surface area (Å²) in [5.74, 6) is 1.46. The summed E-state index contributed by atoms with van der Waals surface area (Å²) in [5.41, 5.74) is 0. The van der Waals surface area contributed by atoms with E-state index in [1.54, 1.807) is 24.4 Å². The van der Waals surface area contributed by atoms with E-state index >= 15 is 0 Å². The van der Waals surface area contributed by atoms with Crippen molar-refractivity contribution >= 4 is 21.7 Å². The maximum absolute atomic E-state index is 13.2. The Balaban J connectivity index is 2.13. The number of nitrogens with zero attached hydrogens (tertiary/aromatic N) is 1. The molecule has 5 heteroatoms. The maximum atomic E-state index is 13.2. The summed E-state index contributed by atoms with van der Waals surface area (Å²) in [6, 6.07) is 7.95. The van der Waals surface area contributed by atoms with Gasteiger partial charge in [-0.15, -0.1) is 0 Å². The number of benzene rings is 1. The van der Waals surface area contributed by atoms with Crippen molar-refractivity contribution < 1.29 is 9.13 Å². The number of aromatic nitrogens is 1. The second-order valence-corrected chi connectivity index (χ2v) is 4.93. The van der Waals surface area contributed by atoms with Crippen LogP contribution in [0.2, 0.25) is 0 Å². The van der Waals surface area contributed by atoms with Crippen LogP contribution in [0.1, 0.15) is 13.3 Å². The molecule has 0 spiro atoms. The SMILES string of the molecule is CCCNc1cc(Oc2cc(F)cc(Br)c2)ccn1. The Hall–Kier alpha value is -1.62. The molecule has 0 aliphatic carbocycles. The van der Waals surface area contributed by atoms with Crippen LogP contribution in [0.25, 0.3) is 0 Å². The summed E-state index contributed by atoms with van der Waals surface area (Å²) < 4.78 is 19.5. The van der Waals surface area contributed by atoms with E-state index in [4.69, 9.17) is 4.74 Å². The van der Waals surface area contributed by atoms with Gasteiger partial charge in [-0.25, -0.2) is 9.37 Å². The largest absolute Gasteiger partial charge is 0.457 e. The smallest absolute Gasteiger partial charge is 0.132 e. The van der Waals surface area contributed by atoms with Crippen LogP contribution in [0.5, 0.6) is 11.5 Å². The molecule has 0 saturated carbocycles. The highest BCUT2D eigenvalue weighted by atomic mass is 79.9. The van der Waals surface area contributed by atoms with Gasteiger partial charge in [0.05, 0.1) is 0 Å². The van der Waals surface area contributed by atoms with E-state index in [-0.39, 0.29) is 5.82 Å². The lowest BCUT2D eigenvalue weighted by molar-refractivity contribution is 0.476. The average Bonchev–Trinajstić information content (AvgIpc) is 2.35. The number of hydrogen-bond acceptors (Lipinski definition) is 3. The van der Waals surface area contributed by atoms with E-state index in [2.05, 4.69) is 33.2 Å². The van der Waals surface area contributed by atoms with Crippen LogP contribution in [0.3, 0.4) is 0 Å². The lowest BCUT2D eigenvalue weighted by Gasteiger charge is -2.08. The Morgan fingerprint density at radius 3 is 2.84 bits per heavy atom. The van der Waals surface area contributed by atoms with E-state index in [1.807, 2.05) is 0 Å². The summed E-state index contributed by atoms with van der Waals surface area (Å²) in [7, 11) is 0. The molecule has 1 aromatic carbocycles. The number of pyridine rings is 1. The van der Waals surface area contributed by atoms with E-state index in [0.29, 0.717) is 16.0 Å². The predicted octanol–water partition coefficient (Wildman–Crippen LogP) is 4.60. The van der Waals surface area contributed by atoms with Gasteiger partial charge in [-0.05, 0) is 24.6 Å². The maximum Gasteiger partial charge on any atom is 0.132 e. The van der Waals surface area contributed by atoms with Crippen LogP contribution < -0.4 is 10.1 Å². The Kier molecular flexibility index (Phi) is 4.74. The first-order chi connectivity index (χ1) is 9.17. The molecule has 0 aliphatic heterocycles. The van der Waals surface area contributed by atoms with E-state index < -0.39 is 0 Å². The molecule has 2 aromatic rings. The van der Waals surface area contributed by atoms with Gasteiger partial charge in [-0.3, -0.25) is 0 Å². The van der Waals surface area contributed by atoms with Gasteiger partial charge in [0.2, 0.25) is 0 Å². The second kappa shape index (κ2) is 6.52. The van der Waals surface area contributed by atoms with Crippen LogP contribution >= 0.6 is 15.9 Å². The number of rotatable bonds is 5. The first-order valence-corrected chi connectivity index (χ1v) is 6.80. The third kappa shape index (κ3) is 4.21. The molecule has 0 saturated heterocycles. The van der Waals surface area contributed by atoms with Crippen LogP contribution in [-0.2, 0) is 0 Å². The van der Waals surface area contributed by atoms with Gasteiger partial charge in [0.15, 0.2) is 0 Å². The zero-order valence-electron chi connectivity index (χ0n) is 10.5. The monoisotopic (exact) mass is 324 g/mol. The predicted molar refractivity (Wildman–Crippen MR) is 77.2 cm³/mol. The molecule has 0 atom stereocenters. The van der Waals surface area contributed by atoms with E-state index in [1.165, 1.54) is 12.1 Å². The zero-order valence-corrected chi connectivity index (χ0v) is 12.1. The Bertz CT molecular complexity index is 543. The van der Waals surface area contributed by atoms with Crippen molar-refractivity contribution in [2.45, 2.75) is 13.3 Å². The van der Waals surface area contributed by atoms with Gasteiger partial charge < -0.3 is 10.1 Å². The fourth-order valence-corrected chi connectivity index (χ4v) is 1.99. The molecule has 19 heavy (non-hydrogen) atoms. The van der Waals surface area contributed by atoms with Gasteiger partial charge in [0.25, 0.3) is 0 Å². The standard InChI is InChI=1S/C14H14BrFN2O/c1-2-4-17-14-9-12(3-5-18-14)19-13-7-10(15)6-11(16)8-13/h3,5-9H,2,4H2,1H3,(H,17,18). The highest BCUT2D eigenvalue weighted by Crippen LogP contribution is 2.26. The topological polar surface area (TPSA) is 34.1 Å². The fourth-order valence-electron chi connectivity index (χ4n) is 1.55. The Morgan fingerprint density at radius 2 is 2.11 bits per heavy atom. The molecular weight excluding hydrogens is 311 g/mol. The second-order valence-electron chi connectivity index (χ2n) is 4.01. The van der Waals surface area contributed by atoms with Crippen LogP contribution in [0.4, 0.5) is 10.2 Å². The van der Waals surface area contributed by atoms with Crippen molar-refractivity contribution in [3.63, 3.8) is 0 Å². The highest BCUT2D eigenvalue weighted by molar-refractivity contribution is 9.10. The summed E-state index contributed by atoms with van der Waals surface area (Å²) in [6.07, 6.45) is 2.67. The van der Waals surface area contributed by atoms with Gasteiger partial charge in [-0.1, -0.05) is 22.9 Å². The van der Waals surface area contributed by atoms with Crippen molar-refractivity contribution in [3.8, 4) is 11.5 Å². The molecular formula is C14H14BrFN2O. The normalized spacial score (nSPS) is 10.3. The Morgan fingerprint density at radius 1 is 1.26 bits per heavy atom. The number of hydrogen-bond donors (Lipinski definition) is 1. The van der Waals surface area contributed by atoms with Crippen LogP contribution in [-0.4, -0.2) is 11.5 Å². The molecule has 1 N–H and O–H groups in total. The quantitative estimate of drug-likeness (QED) is 0.872. The molecule has 1 aromatic heterocycles. The number of nitrogens with one attached hydrogen (secondary N) is 1. The van der Waals surface area contributed by atoms with Crippen LogP contribution in [0.15, 0.2) is 41.0 Å². The van der Waals surface area contributed by atoms with Crippen molar-refractivity contribution in [2.75, 3.05) is 11.9 Å². The number of halogens is 2. The molecule has 0 bridgehead atoms. The van der Waals surface area contributed by atoms with Crippen molar-refractivity contribution in [1.82, 2.24) is 4.98 Å². The molecule has 0 radical (unpaired) electrons. The summed E-state index contributed by atoms with van der Waals surface area (Å²) >= 11 is 3.23. The minimum Gasteiger partial charge on any atom is -0.457 e. The minimum absolute atomic E-state index is 0.345. The van der Waals surface area contributed by atoms with Gasteiger partial charge in [-0.2, -0.15) is 0 Å². The van der Waals surface area contributed by atoms with Gasteiger partial charge in [0.1, 0.15) is 23.1 Å². The molecule has 3 nitrogen and oxygen atoms in total. The lowest BCUT2D eigenvalue weighted by atomic mass is 10.3. The highest BCUT2D eigenvalue weighted by Gasteiger charge is 2.03. The fraction of sp³-hybridized carbons (Fsp3) is 0.214. The summed E-state index contributed by atoms with van der Waals surface area (Å²) in [6.45, 7) is 2.93. The molecule has 0 unspecified atom stereocenters. The molecule has 100 valence electrons. The molecule has 2 rings (SSSR count). The first kappa shape index (κ1) is 13.8. The first-order valence-electron chi connectivity index (χ1n) is 6.01. The zero-order chi connectivity index (χ0) is 13.7. The third-order valence-electron chi connectivity index (χ3n) is 2.36. The van der Waals surface area contributed by atoms with Crippen LogP contribution in [0, 0.1) is 5.82 Å². The summed E-state index contributed by atoms with van der Waals surface area (Å²) in [4.78, 5) is 4.18. The van der Waals surface area contributed by atoms with Gasteiger partial charge in [0, 0.05) is 29.3 Å². The lowest BCUT2D eigenvalue weighted by Crippen LogP contribution is -2.01. The number of ether oxygens (including phenoxy) is 1.